The van der Waals surface area contributed by atoms with Gasteiger partial charge in [-0.05, 0) is 49.7 Å². The summed E-state index contributed by atoms with van der Waals surface area (Å²) in [6.45, 7) is 5.63. The smallest absolute Gasteiger partial charge is 0.269 e. The molecule has 1 aromatic carbocycles. The van der Waals surface area contributed by atoms with E-state index in [1.54, 1.807) is 17.0 Å². The van der Waals surface area contributed by atoms with Crippen molar-refractivity contribution in [2.45, 2.75) is 32.0 Å². The van der Waals surface area contributed by atoms with Crippen LogP contribution in [0.5, 0.6) is 11.5 Å². The number of ether oxygens (including phenoxy) is 2. The number of likely N-dealkylation sites (tertiary alicyclic amines) is 1. The second-order valence-electron chi connectivity index (χ2n) is 8.09. The molecule has 0 radical (unpaired) electrons. The molecule has 32 heavy (non-hydrogen) atoms. The minimum Gasteiger partial charge on any atom is -0.486 e. The highest BCUT2D eigenvalue weighted by Gasteiger charge is 2.19. The molecule has 1 saturated heterocycles. The summed E-state index contributed by atoms with van der Waals surface area (Å²) in [5.74, 6) is 1.68. The minimum atomic E-state index is -0.0605. The zero-order valence-electron chi connectivity index (χ0n) is 17.9. The lowest BCUT2D eigenvalue weighted by atomic mass is 10.0. The van der Waals surface area contributed by atoms with Gasteiger partial charge in [-0.2, -0.15) is 0 Å². The van der Waals surface area contributed by atoms with Crippen molar-refractivity contribution < 1.29 is 9.47 Å². The Hall–Kier alpha value is -2.68. The molecule has 5 rings (SSSR count). The van der Waals surface area contributed by atoms with E-state index in [0.717, 1.165) is 61.6 Å². The van der Waals surface area contributed by atoms with Crippen molar-refractivity contribution >= 4 is 23.4 Å². The maximum Gasteiger partial charge on any atom is 0.269 e. The number of nitrogens with zero attached hydrogens (tertiary/aromatic N) is 4. The predicted molar refractivity (Wildman–Crippen MR) is 125 cm³/mol. The fourth-order valence-electron chi connectivity index (χ4n) is 4.31. The fourth-order valence-corrected chi connectivity index (χ4v) is 4.31. The normalized spacial score (nSPS) is 16.6. The Morgan fingerprint density at radius 1 is 1.03 bits per heavy atom. The van der Waals surface area contributed by atoms with E-state index in [-0.39, 0.29) is 18.0 Å². The largest absolute Gasteiger partial charge is 0.486 e. The average Bonchev–Trinajstić information content (AvgIpc) is 2.82. The molecule has 2 aliphatic rings. The molecule has 4 heterocycles. The molecule has 0 bridgehead atoms. The molecule has 0 aliphatic carbocycles. The highest BCUT2D eigenvalue weighted by atomic mass is 35.5. The molecule has 2 aliphatic heterocycles. The standard InChI is InChI=1S/C23H27N5O3.ClH/c29-23-16-26-19-15-24-6-3-20(19)28(23)10-9-27-7-4-18(5-8-27)25-14-17-1-2-21-22(13-17)31-12-11-30-21;/h1-3,6,13,15-16,18,25H,4-5,7-12,14H2;1H. The van der Waals surface area contributed by atoms with E-state index in [0.29, 0.717) is 25.8 Å². The van der Waals surface area contributed by atoms with Gasteiger partial charge in [0.05, 0.1) is 17.9 Å². The number of halogens is 1. The van der Waals surface area contributed by atoms with Crippen LogP contribution in [-0.4, -0.2) is 58.3 Å². The van der Waals surface area contributed by atoms with Gasteiger partial charge < -0.3 is 24.3 Å². The Kier molecular flexibility index (Phi) is 7.24. The topological polar surface area (TPSA) is 81.5 Å². The molecule has 170 valence electrons. The van der Waals surface area contributed by atoms with Gasteiger partial charge in [0, 0.05) is 31.9 Å². The van der Waals surface area contributed by atoms with Crippen molar-refractivity contribution in [3.8, 4) is 11.5 Å². The summed E-state index contributed by atoms with van der Waals surface area (Å²) >= 11 is 0. The van der Waals surface area contributed by atoms with Gasteiger partial charge in [-0.3, -0.25) is 9.78 Å². The van der Waals surface area contributed by atoms with Crippen LogP contribution in [-0.2, 0) is 13.1 Å². The van der Waals surface area contributed by atoms with Gasteiger partial charge in [0.1, 0.15) is 18.7 Å². The quantitative estimate of drug-likeness (QED) is 0.607. The van der Waals surface area contributed by atoms with Crippen molar-refractivity contribution in [3.05, 3.63) is 58.8 Å². The van der Waals surface area contributed by atoms with Crippen molar-refractivity contribution in [1.29, 1.82) is 0 Å². The van der Waals surface area contributed by atoms with Crippen molar-refractivity contribution in [2.75, 3.05) is 32.8 Å². The highest BCUT2D eigenvalue weighted by Crippen LogP contribution is 2.30. The Labute approximate surface area is 193 Å². The molecule has 1 fully saturated rings. The molecule has 2 aromatic heterocycles. The van der Waals surface area contributed by atoms with E-state index < -0.39 is 0 Å². The number of pyridine rings is 1. The summed E-state index contributed by atoms with van der Waals surface area (Å²) in [4.78, 5) is 23.0. The third-order valence-electron chi connectivity index (χ3n) is 6.08. The van der Waals surface area contributed by atoms with E-state index >= 15 is 0 Å². The number of benzene rings is 1. The van der Waals surface area contributed by atoms with Crippen LogP contribution in [0.4, 0.5) is 0 Å². The summed E-state index contributed by atoms with van der Waals surface area (Å²) in [6, 6.07) is 8.53. The van der Waals surface area contributed by atoms with Gasteiger partial charge in [-0.1, -0.05) is 6.07 Å². The van der Waals surface area contributed by atoms with Crippen molar-refractivity contribution in [1.82, 2.24) is 24.8 Å². The van der Waals surface area contributed by atoms with Gasteiger partial charge in [0.25, 0.3) is 5.56 Å². The summed E-state index contributed by atoms with van der Waals surface area (Å²) in [6.07, 6.45) is 6.99. The Morgan fingerprint density at radius 3 is 2.69 bits per heavy atom. The van der Waals surface area contributed by atoms with E-state index in [4.69, 9.17) is 9.47 Å². The summed E-state index contributed by atoms with van der Waals surface area (Å²) in [7, 11) is 0. The Morgan fingerprint density at radius 2 is 1.84 bits per heavy atom. The molecule has 1 N–H and O–H groups in total. The third kappa shape index (κ3) is 5.03. The number of nitrogens with one attached hydrogen (secondary N) is 1. The molecular formula is C23H28ClN5O3. The molecule has 0 amide bonds. The predicted octanol–water partition coefficient (Wildman–Crippen LogP) is 2.24. The number of rotatable bonds is 6. The lowest BCUT2D eigenvalue weighted by molar-refractivity contribution is 0.171. The monoisotopic (exact) mass is 457 g/mol. The first-order valence-electron chi connectivity index (χ1n) is 10.9. The molecule has 8 nitrogen and oxygen atoms in total. The minimum absolute atomic E-state index is 0. The van der Waals surface area contributed by atoms with Crippen LogP contribution in [0.3, 0.4) is 0 Å². The van der Waals surface area contributed by atoms with Crippen LogP contribution >= 0.6 is 12.4 Å². The van der Waals surface area contributed by atoms with Crippen LogP contribution in [0.1, 0.15) is 18.4 Å². The van der Waals surface area contributed by atoms with E-state index in [9.17, 15) is 4.79 Å². The first-order chi connectivity index (χ1) is 15.3. The molecule has 0 saturated carbocycles. The number of hydrogen-bond acceptors (Lipinski definition) is 7. The van der Waals surface area contributed by atoms with Crippen LogP contribution in [0.25, 0.3) is 11.0 Å². The average molecular weight is 458 g/mol. The van der Waals surface area contributed by atoms with E-state index in [2.05, 4.69) is 32.3 Å². The molecule has 9 heteroatoms. The van der Waals surface area contributed by atoms with Crippen molar-refractivity contribution in [2.24, 2.45) is 0 Å². The van der Waals surface area contributed by atoms with Crippen LogP contribution in [0.2, 0.25) is 0 Å². The van der Waals surface area contributed by atoms with Crippen LogP contribution < -0.4 is 20.3 Å². The summed E-state index contributed by atoms with van der Waals surface area (Å²) in [5, 5.41) is 3.68. The molecule has 3 aromatic rings. The summed E-state index contributed by atoms with van der Waals surface area (Å²) < 4.78 is 13.1. The molecular weight excluding hydrogens is 430 g/mol. The van der Waals surface area contributed by atoms with Gasteiger partial charge in [0.15, 0.2) is 11.5 Å². The Balaban J connectivity index is 0.00000245. The molecule has 0 unspecified atom stereocenters. The molecule has 0 atom stereocenters. The highest BCUT2D eigenvalue weighted by molar-refractivity contribution is 5.85. The first-order valence-corrected chi connectivity index (χ1v) is 10.9. The van der Waals surface area contributed by atoms with E-state index in [1.165, 1.54) is 11.8 Å². The van der Waals surface area contributed by atoms with Crippen molar-refractivity contribution in [3.63, 3.8) is 0 Å². The summed E-state index contributed by atoms with van der Waals surface area (Å²) in [5.41, 5.74) is 2.75. The number of piperidine rings is 1. The van der Waals surface area contributed by atoms with Crippen LogP contribution in [0.15, 0.2) is 47.7 Å². The maximum atomic E-state index is 12.3. The van der Waals surface area contributed by atoms with Gasteiger partial charge in [0.2, 0.25) is 0 Å². The number of hydrogen-bond donors (Lipinski definition) is 1. The van der Waals surface area contributed by atoms with Gasteiger partial charge in [-0.15, -0.1) is 12.4 Å². The lowest BCUT2D eigenvalue weighted by Gasteiger charge is -2.32. The SMILES string of the molecule is Cl.O=c1cnc2cnccc2n1CCN1CCC(NCc2ccc3c(c2)OCCO3)CC1. The zero-order chi connectivity index (χ0) is 21.0. The fraction of sp³-hybridized carbons (Fsp3) is 0.435. The van der Waals surface area contributed by atoms with E-state index in [1.807, 2.05) is 12.1 Å². The maximum absolute atomic E-state index is 12.3. The van der Waals surface area contributed by atoms with Gasteiger partial charge in [-0.25, -0.2) is 4.98 Å². The first kappa shape index (κ1) is 22.5. The van der Waals surface area contributed by atoms with Crippen LogP contribution in [0, 0.1) is 0 Å². The lowest BCUT2D eigenvalue weighted by Crippen LogP contribution is -2.43. The second kappa shape index (κ2) is 10.3. The second-order valence-corrected chi connectivity index (χ2v) is 8.09. The number of fused-ring (bicyclic) bond motifs is 2. The molecule has 0 spiro atoms. The third-order valence-corrected chi connectivity index (χ3v) is 6.08. The zero-order valence-corrected chi connectivity index (χ0v) is 18.7. The Bertz CT molecular complexity index is 1110. The number of aromatic nitrogens is 3. The van der Waals surface area contributed by atoms with Gasteiger partial charge >= 0.3 is 0 Å².